The highest BCUT2D eigenvalue weighted by molar-refractivity contribution is 5.78. The lowest BCUT2D eigenvalue weighted by atomic mass is 9.90. The van der Waals surface area contributed by atoms with Crippen LogP contribution in [0.1, 0.15) is 12.8 Å². The number of aryl methyl sites for hydroxylation is 1. The second-order valence-electron chi connectivity index (χ2n) is 6.40. The van der Waals surface area contributed by atoms with E-state index >= 15 is 0 Å². The van der Waals surface area contributed by atoms with Crippen LogP contribution in [0.2, 0.25) is 0 Å². The molecule has 0 saturated carbocycles. The summed E-state index contributed by atoms with van der Waals surface area (Å²) in [5.74, 6) is 1.23. The highest BCUT2D eigenvalue weighted by atomic mass is 16.5. The number of hydrogen-bond donors (Lipinski definition) is 2. The smallest absolute Gasteiger partial charge is 0.224 e. The topological polar surface area (TPSA) is 81.1 Å². The number of ether oxygens (including phenoxy) is 1. The van der Waals surface area contributed by atoms with Crippen molar-refractivity contribution in [3.63, 3.8) is 0 Å². The van der Waals surface area contributed by atoms with E-state index in [1.54, 1.807) is 24.9 Å². The molecule has 0 aromatic carbocycles. The number of piperidine rings is 1. The lowest BCUT2D eigenvalue weighted by Crippen LogP contribution is -2.45. The van der Waals surface area contributed by atoms with Crippen LogP contribution in [0.4, 0.5) is 0 Å². The Bertz CT molecular complexity index is 632. The average Bonchev–Trinajstić information content (AvgIpc) is 3.18. The summed E-state index contributed by atoms with van der Waals surface area (Å²) >= 11 is 0. The molecule has 1 fully saturated rings. The summed E-state index contributed by atoms with van der Waals surface area (Å²) in [4.78, 5) is 20.4. The minimum absolute atomic E-state index is 0.00416. The number of carbonyl (C=O) groups is 1. The summed E-state index contributed by atoms with van der Waals surface area (Å²) < 4.78 is 7.78. The first-order valence-electron chi connectivity index (χ1n) is 8.78. The van der Waals surface area contributed by atoms with Gasteiger partial charge in [-0.25, -0.2) is 4.98 Å². The minimum Gasteiger partial charge on any atom is -0.492 e. The molecule has 0 spiro atoms. The molecule has 1 amide bonds. The van der Waals surface area contributed by atoms with Gasteiger partial charge in [0.25, 0.3) is 0 Å². The predicted octanol–water partition coefficient (Wildman–Crippen LogP) is 1.09. The SMILES string of the molecule is O=C(NCCCn1ccnc1)[C@H]1CNC[C@@H](COc2cccnc2)C1. The zero-order chi connectivity index (χ0) is 17.3. The van der Waals surface area contributed by atoms with Crippen LogP contribution in [-0.4, -0.2) is 46.7 Å². The number of aromatic nitrogens is 3. The molecule has 2 atom stereocenters. The van der Waals surface area contributed by atoms with Crippen LogP contribution in [-0.2, 0) is 11.3 Å². The van der Waals surface area contributed by atoms with Gasteiger partial charge in [0.1, 0.15) is 5.75 Å². The van der Waals surface area contributed by atoms with Crippen molar-refractivity contribution in [3.8, 4) is 5.75 Å². The molecule has 2 N–H and O–H groups in total. The van der Waals surface area contributed by atoms with Crippen LogP contribution in [0.25, 0.3) is 0 Å². The second-order valence-corrected chi connectivity index (χ2v) is 6.40. The Balaban J connectivity index is 1.36. The van der Waals surface area contributed by atoms with Crippen LogP contribution in [0.15, 0.2) is 43.2 Å². The Morgan fingerprint density at radius 3 is 3.12 bits per heavy atom. The van der Waals surface area contributed by atoms with Crippen LogP contribution in [0.5, 0.6) is 5.75 Å². The molecule has 3 rings (SSSR count). The third-order valence-corrected chi connectivity index (χ3v) is 4.38. The van der Waals surface area contributed by atoms with E-state index in [2.05, 4.69) is 20.6 Å². The number of hydrogen-bond acceptors (Lipinski definition) is 5. The van der Waals surface area contributed by atoms with Crippen LogP contribution in [0, 0.1) is 11.8 Å². The molecule has 134 valence electrons. The van der Waals surface area contributed by atoms with Gasteiger partial charge in [0.2, 0.25) is 5.91 Å². The molecule has 0 unspecified atom stereocenters. The Morgan fingerprint density at radius 2 is 2.32 bits per heavy atom. The zero-order valence-electron chi connectivity index (χ0n) is 14.3. The predicted molar refractivity (Wildman–Crippen MR) is 94.1 cm³/mol. The van der Waals surface area contributed by atoms with Crippen LogP contribution >= 0.6 is 0 Å². The third kappa shape index (κ3) is 5.56. The molecule has 1 aliphatic rings. The maximum absolute atomic E-state index is 12.4. The van der Waals surface area contributed by atoms with Gasteiger partial charge in [0, 0.05) is 50.7 Å². The molecule has 25 heavy (non-hydrogen) atoms. The van der Waals surface area contributed by atoms with Crippen molar-refractivity contribution < 1.29 is 9.53 Å². The molecule has 7 heteroatoms. The quantitative estimate of drug-likeness (QED) is 0.701. The van der Waals surface area contributed by atoms with Crippen LogP contribution in [0.3, 0.4) is 0 Å². The number of amides is 1. The second kappa shape index (κ2) is 9.17. The van der Waals surface area contributed by atoms with E-state index in [1.165, 1.54) is 0 Å². The van der Waals surface area contributed by atoms with Gasteiger partial charge in [-0.2, -0.15) is 0 Å². The van der Waals surface area contributed by atoms with Crippen molar-refractivity contribution in [2.75, 3.05) is 26.2 Å². The van der Waals surface area contributed by atoms with Gasteiger partial charge in [0.15, 0.2) is 0 Å². The lowest BCUT2D eigenvalue weighted by molar-refractivity contribution is -0.126. The Labute approximate surface area is 147 Å². The molecule has 2 aromatic rings. The summed E-state index contributed by atoms with van der Waals surface area (Å²) in [6.07, 6.45) is 10.7. The molecule has 0 radical (unpaired) electrons. The van der Waals surface area contributed by atoms with Crippen molar-refractivity contribution in [2.24, 2.45) is 11.8 Å². The monoisotopic (exact) mass is 343 g/mol. The number of rotatable bonds is 8. The van der Waals surface area contributed by atoms with Gasteiger partial charge in [-0.3, -0.25) is 9.78 Å². The first-order chi connectivity index (χ1) is 12.3. The number of imidazole rings is 1. The van der Waals surface area contributed by atoms with E-state index in [-0.39, 0.29) is 11.8 Å². The molecular formula is C18H25N5O2. The molecule has 0 bridgehead atoms. The Hall–Kier alpha value is -2.41. The number of carbonyl (C=O) groups excluding carboxylic acids is 1. The third-order valence-electron chi connectivity index (χ3n) is 4.38. The number of nitrogens with zero attached hydrogens (tertiary/aromatic N) is 3. The maximum Gasteiger partial charge on any atom is 0.224 e. The fraction of sp³-hybridized carbons (Fsp3) is 0.500. The summed E-state index contributed by atoms with van der Waals surface area (Å²) in [6, 6.07) is 3.75. The lowest BCUT2D eigenvalue weighted by Gasteiger charge is -2.29. The van der Waals surface area contributed by atoms with Crippen molar-refractivity contribution >= 4 is 5.91 Å². The summed E-state index contributed by atoms with van der Waals surface area (Å²) in [7, 11) is 0. The summed E-state index contributed by atoms with van der Waals surface area (Å²) in [5, 5.41) is 6.39. The van der Waals surface area contributed by atoms with E-state index in [0.717, 1.165) is 38.2 Å². The Morgan fingerprint density at radius 1 is 1.36 bits per heavy atom. The van der Waals surface area contributed by atoms with E-state index in [9.17, 15) is 4.79 Å². The largest absolute Gasteiger partial charge is 0.492 e. The molecule has 2 aromatic heterocycles. The van der Waals surface area contributed by atoms with E-state index < -0.39 is 0 Å². The van der Waals surface area contributed by atoms with Crippen molar-refractivity contribution in [3.05, 3.63) is 43.2 Å². The van der Waals surface area contributed by atoms with E-state index in [0.29, 0.717) is 19.1 Å². The molecular weight excluding hydrogens is 318 g/mol. The van der Waals surface area contributed by atoms with Gasteiger partial charge in [-0.15, -0.1) is 0 Å². The van der Waals surface area contributed by atoms with Crippen molar-refractivity contribution in [2.45, 2.75) is 19.4 Å². The average molecular weight is 343 g/mol. The van der Waals surface area contributed by atoms with Crippen molar-refractivity contribution in [1.82, 2.24) is 25.2 Å². The van der Waals surface area contributed by atoms with Gasteiger partial charge in [0.05, 0.1) is 25.0 Å². The van der Waals surface area contributed by atoms with Crippen LogP contribution < -0.4 is 15.4 Å². The normalized spacial score (nSPS) is 20.2. The fourth-order valence-electron chi connectivity index (χ4n) is 3.04. The highest BCUT2D eigenvalue weighted by Crippen LogP contribution is 2.18. The van der Waals surface area contributed by atoms with Gasteiger partial charge < -0.3 is 19.9 Å². The van der Waals surface area contributed by atoms with E-state index in [4.69, 9.17) is 4.74 Å². The number of pyridine rings is 1. The number of nitrogens with one attached hydrogen (secondary N) is 2. The highest BCUT2D eigenvalue weighted by Gasteiger charge is 2.27. The zero-order valence-corrected chi connectivity index (χ0v) is 14.3. The first-order valence-corrected chi connectivity index (χ1v) is 8.78. The molecule has 0 aliphatic carbocycles. The van der Waals surface area contributed by atoms with Gasteiger partial charge in [-0.05, 0) is 25.0 Å². The standard InChI is InChI=1S/C18H25N5O2/c24-18(22-5-2-7-23-8-6-20-14-23)16-9-15(10-21-11-16)13-25-17-3-1-4-19-12-17/h1,3-4,6,8,12,14-16,21H,2,5,7,9-11,13H2,(H,22,24)/t15-,16+/m0/s1. The molecule has 1 saturated heterocycles. The van der Waals surface area contributed by atoms with Gasteiger partial charge >= 0.3 is 0 Å². The fourth-order valence-corrected chi connectivity index (χ4v) is 3.04. The minimum atomic E-state index is 0.00416. The first kappa shape index (κ1) is 17.4. The van der Waals surface area contributed by atoms with Gasteiger partial charge in [-0.1, -0.05) is 0 Å². The summed E-state index contributed by atoms with van der Waals surface area (Å²) in [6.45, 7) is 3.76. The maximum atomic E-state index is 12.4. The summed E-state index contributed by atoms with van der Waals surface area (Å²) in [5.41, 5.74) is 0. The molecule has 1 aliphatic heterocycles. The Kier molecular flexibility index (Phi) is 6.39. The van der Waals surface area contributed by atoms with E-state index in [1.807, 2.05) is 22.9 Å². The molecule has 7 nitrogen and oxygen atoms in total. The molecule has 3 heterocycles. The van der Waals surface area contributed by atoms with Crippen molar-refractivity contribution in [1.29, 1.82) is 0 Å².